The number of halogens is 1. The van der Waals surface area contributed by atoms with Gasteiger partial charge in [-0.3, -0.25) is 0 Å². The average molecular weight is 277 g/mol. The van der Waals surface area contributed by atoms with Gasteiger partial charge < -0.3 is 15.2 Å². The molecule has 1 heterocycles. The van der Waals surface area contributed by atoms with E-state index in [-0.39, 0.29) is 23.1 Å². The van der Waals surface area contributed by atoms with Crippen molar-refractivity contribution in [1.29, 1.82) is 0 Å². The van der Waals surface area contributed by atoms with Crippen molar-refractivity contribution in [3.05, 3.63) is 41.6 Å². The van der Waals surface area contributed by atoms with Crippen LogP contribution in [-0.4, -0.2) is 23.0 Å². The largest absolute Gasteiger partial charge is 0.463 e. The van der Waals surface area contributed by atoms with E-state index in [2.05, 4.69) is 14.7 Å². The van der Waals surface area contributed by atoms with Gasteiger partial charge in [-0.25, -0.2) is 14.2 Å². The second kappa shape index (κ2) is 5.52. The SMILES string of the molecule is COC(=O)c1nc(C)cc(Oc2ccc(N)cc2F)n1. The molecular formula is C13H12FN3O3. The van der Waals surface area contributed by atoms with Gasteiger partial charge in [0.05, 0.1) is 7.11 Å². The first-order valence-electron chi connectivity index (χ1n) is 5.66. The molecule has 1 aromatic heterocycles. The van der Waals surface area contributed by atoms with Crippen molar-refractivity contribution < 1.29 is 18.7 Å². The van der Waals surface area contributed by atoms with Crippen LogP contribution in [0.15, 0.2) is 24.3 Å². The minimum Gasteiger partial charge on any atom is -0.463 e. The van der Waals surface area contributed by atoms with Crippen molar-refractivity contribution in [2.75, 3.05) is 12.8 Å². The summed E-state index contributed by atoms with van der Waals surface area (Å²) >= 11 is 0. The molecule has 0 aliphatic rings. The van der Waals surface area contributed by atoms with Crippen molar-refractivity contribution in [3.8, 4) is 11.6 Å². The Labute approximate surface area is 114 Å². The number of anilines is 1. The van der Waals surface area contributed by atoms with Gasteiger partial charge in [-0.15, -0.1) is 0 Å². The van der Waals surface area contributed by atoms with Gasteiger partial charge in [0.15, 0.2) is 11.6 Å². The van der Waals surface area contributed by atoms with E-state index in [4.69, 9.17) is 10.5 Å². The number of nitrogens with two attached hydrogens (primary N) is 1. The number of carbonyl (C=O) groups excluding carboxylic acids is 1. The van der Waals surface area contributed by atoms with Gasteiger partial charge in [-0.05, 0) is 19.1 Å². The standard InChI is InChI=1S/C13H12FN3O3/c1-7-5-11(17-12(16-7)13(18)19-2)20-10-4-3-8(15)6-9(10)14/h3-6H,15H2,1-2H3. The van der Waals surface area contributed by atoms with Crippen molar-refractivity contribution in [3.63, 3.8) is 0 Å². The number of hydrogen-bond donors (Lipinski definition) is 1. The lowest BCUT2D eigenvalue weighted by Crippen LogP contribution is -2.09. The molecule has 0 aliphatic heterocycles. The van der Waals surface area contributed by atoms with E-state index >= 15 is 0 Å². The molecule has 104 valence electrons. The zero-order chi connectivity index (χ0) is 14.7. The Hall–Kier alpha value is -2.70. The van der Waals surface area contributed by atoms with Crippen LogP contribution in [-0.2, 0) is 4.74 Å². The van der Waals surface area contributed by atoms with Crippen molar-refractivity contribution in [2.24, 2.45) is 0 Å². The number of carbonyl (C=O) groups is 1. The number of hydrogen-bond acceptors (Lipinski definition) is 6. The highest BCUT2D eigenvalue weighted by atomic mass is 19.1. The Kier molecular flexibility index (Phi) is 3.79. The fourth-order valence-electron chi connectivity index (χ4n) is 1.49. The molecule has 0 amide bonds. The Bertz CT molecular complexity index is 661. The molecule has 0 atom stereocenters. The molecule has 6 nitrogen and oxygen atoms in total. The molecule has 20 heavy (non-hydrogen) atoms. The summed E-state index contributed by atoms with van der Waals surface area (Å²) in [5.74, 6) is -1.48. The van der Waals surface area contributed by atoms with E-state index in [1.165, 1.54) is 25.3 Å². The van der Waals surface area contributed by atoms with Crippen LogP contribution in [0.1, 0.15) is 16.3 Å². The molecule has 1 aromatic carbocycles. The van der Waals surface area contributed by atoms with Gasteiger partial charge in [-0.1, -0.05) is 0 Å². The zero-order valence-corrected chi connectivity index (χ0v) is 10.9. The Balaban J connectivity index is 2.33. The summed E-state index contributed by atoms with van der Waals surface area (Å²) in [7, 11) is 1.22. The third-order valence-corrected chi connectivity index (χ3v) is 2.37. The summed E-state index contributed by atoms with van der Waals surface area (Å²) in [6.07, 6.45) is 0. The topological polar surface area (TPSA) is 87.3 Å². The van der Waals surface area contributed by atoms with Gasteiger partial charge in [0, 0.05) is 23.5 Å². The van der Waals surface area contributed by atoms with E-state index in [0.717, 1.165) is 6.07 Å². The molecule has 2 N–H and O–H groups in total. The van der Waals surface area contributed by atoms with Gasteiger partial charge in [0.2, 0.25) is 11.7 Å². The normalized spacial score (nSPS) is 10.2. The van der Waals surface area contributed by atoms with Gasteiger partial charge in [0.25, 0.3) is 0 Å². The first kappa shape index (κ1) is 13.7. The molecule has 0 aliphatic carbocycles. The average Bonchev–Trinajstić information content (AvgIpc) is 2.40. The zero-order valence-electron chi connectivity index (χ0n) is 10.9. The van der Waals surface area contributed by atoms with Crippen LogP contribution in [0.2, 0.25) is 0 Å². The van der Waals surface area contributed by atoms with E-state index in [1.807, 2.05) is 0 Å². The second-order valence-corrected chi connectivity index (χ2v) is 3.95. The molecule has 0 saturated carbocycles. The predicted octanol–water partition coefficient (Wildman–Crippen LogP) is 2.09. The highest BCUT2D eigenvalue weighted by Gasteiger charge is 2.13. The fraction of sp³-hybridized carbons (Fsp3) is 0.154. The number of methoxy groups -OCH3 is 1. The quantitative estimate of drug-likeness (QED) is 0.682. The first-order valence-corrected chi connectivity index (χ1v) is 5.66. The molecule has 0 radical (unpaired) electrons. The summed E-state index contributed by atoms with van der Waals surface area (Å²) in [6, 6.07) is 5.47. The minimum atomic E-state index is -0.698. The monoisotopic (exact) mass is 277 g/mol. The number of rotatable bonds is 3. The summed E-state index contributed by atoms with van der Waals surface area (Å²) in [4.78, 5) is 19.1. The van der Waals surface area contributed by atoms with Crippen molar-refractivity contribution >= 4 is 11.7 Å². The van der Waals surface area contributed by atoms with Gasteiger partial charge >= 0.3 is 5.97 Å². The van der Waals surface area contributed by atoms with Crippen molar-refractivity contribution in [1.82, 2.24) is 9.97 Å². The lowest BCUT2D eigenvalue weighted by Gasteiger charge is -2.08. The van der Waals surface area contributed by atoms with Crippen LogP contribution in [0.4, 0.5) is 10.1 Å². The molecule has 0 spiro atoms. The van der Waals surface area contributed by atoms with Gasteiger partial charge in [0.1, 0.15) is 0 Å². The fourth-order valence-corrected chi connectivity index (χ4v) is 1.49. The molecule has 0 saturated heterocycles. The maximum atomic E-state index is 13.6. The highest BCUT2D eigenvalue weighted by Crippen LogP contribution is 2.25. The Morgan fingerprint density at radius 1 is 1.30 bits per heavy atom. The maximum absolute atomic E-state index is 13.6. The van der Waals surface area contributed by atoms with Crippen LogP contribution in [0, 0.1) is 12.7 Å². The van der Waals surface area contributed by atoms with E-state index in [1.54, 1.807) is 6.92 Å². The van der Waals surface area contributed by atoms with Gasteiger partial charge in [-0.2, -0.15) is 4.98 Å². The summed E-state index contributed by atoms with van der Waals surface area (Å²) in [6.45, 7) is 1.65. The number of benzene rings is 1. The van der Waals surface area contributed by atoms with Crippen LogP contribution >= 0.6 is 0 Å². The summed E-state index contributed by atoms with van der Waals surface area (Å²) in [5.41, 5.74) is 6.22. The number of aromatic nitrogens is 2. The Morgan fingerprint density at radius 3 is 2.70 bits per heavy atom. The molecular weight excluding hydrogens is 265 g/mol. The third-order valence-electron chi connectivity index (χ3n) is 2.37. The predicted molar refractivity (Wildman–Crippen MR) is 69.0 cm³/mol. The van der Waals surface area contributed by atoms with Crippen LogP contribution in [0.5, 0.6) is 11.6 Å². The number of ether oxygens (including phenoxy) is 2. The van der Waals surface area contributed by atoms with Crippen LogP contribution in [0.25, 0.3) is 0 Å². The maximum Gasteiger partial charge on any atom is 0.376 e. The molecule has 2 rings (SSSR count). The summed E-state index contributed by atoms with van der Waals surface area (Å²) in [5, 5.41) is 0. The third kappa shape index (κ3) is 3.00. The van der Waals surface area contributed by atoms with E-state index in [9.17, 15) is 9.18 Å². The summed E-state index contributed by atoms with van der Waals surface area (Å²) < 4.78 is 23.4. The van der Waals surface area contributed by atoms with E-state index < -0.39 is 11.8 Å². The lowest BCUT2D eigenvalue weighted by atomic mass is 10.3. The number of esters is 1. The number of nitrogen functional groups attached to an aromatic ring is 1. The molecule has 2 aromatic rings. The van der Waals surface area contributed by atoms with E-state index in [0.29, 0.717) is 5.69 Å². The first-order chi connectivity index (χ1) is 9.49. The lowest BCUT2D eigenvalue weighted by molar-refractivity contribution is 0.0585. The smallest absolute Gasteiger partial charge is 0.376 e. The molecule has 7 heteroatoms. The highest BCUT2D eigenvalue weighted by molar-refractivity contribution is 5.85. The second-order valence-electron chi connectivity index (χ2n) is 3.95. The molecule has 0 fully saturated rings. The van der Waals surface area contributed by atoms with Crippen molar-refractivity contribution in [2.45, 2.75) is 6.92 Å². The van der Waals surface area contributed by atoms with Crippen LogP contribution in [0.3, 0.4) is 0 Å². The molecule has 0 bridgehead atoms. The minimum absolute atomic E-state index is 0.0431. The number of aryl methyl sites for hydroxylation is 1. The molecule has 0 unspecified atom stereocenters. The Morgan fingerprint density at radius 2 is 2.05 bits per heavy atom. The van der Waals surface area contributed by atoms with Crippen LogP contribution < -0.4 is 10.5 Å². The number of nitrogens with zero attached hydrogens (tertiary/aromatic N) is 2.